The summed E-state index contributed by atoms with van der Waals surface area (Å²) in [5, 5.41) is 0.626. The SMILES string of the molecule is CC(C)Oc1ccc(Cl)cn1.CCOC(C)C.COC(C)C.Cc1ccc(OC(C)C)nc1.[C-]#[N+]c1ccc(OC(C)C)cc1. The van der Waals surface area contributed by atoms with Crippen molar-refractivity contribution in [1.29, 1.82) is 0 Å². The van der Waals surface area contributed by atoms with Crippen molar-refractivity contribution in [3.63, 3.8) is 0 Å². The lowest BCUT2D eigenvalue weighted by molar-refractivity contribution is 0.0899. The van der Waals surface area contributed by atoms with Crippen LogP contribution >= 0.6 is 11.6 Å². The van der Waals surface area contributed by atoms with Crippen molar-refractivity contribution in [2.75, 3.05) is 13.7 Å². The van der Waals surface area contributed by atoms with Crippen molar-refractivity contribution in [2.45, 2.75) is 114 Å². The molecule has 0 unspecified atom stereocenters. The number of ether oxygens (including phenoxy) is 5. The number of hydrogen-bond donors (Lipinski definition) is 0. The normalized spacial score (nSPS) is 9.91. The van der Waals surface area contributed by atoms with Gasteiger partial charge in [0.25, 0.3) is 0 Å². The van der Waals surface area contributed by atoms with Gasteiger partial charge >= 0.3 is 0 Å². The second-order valence-corrected chi connectivity index (χ2v) is 11.3. The summed E-state index contributed by atoms with van der Waals surface area (Å²) in [6, 6.07) is 14.5. The molecule has 0 amide bonds. The van der Waals surface area contributed by atoms with Crippen LogP contribution in [0.2, 0.25) is 5.02 Å². The number of halogens is 1. The highest BCUT2D eigenvalue weighted by Crippen LogP contribution is 2.18. The minimum atomic E-state index is 0.156. The summed E-state index contributed by atoms with van der Waals surface area (Å²) in [4.78, 5) is 11.3. The zero-order valence-corrected chi connectivity index (χ0v) is 30.4. The van der Waals surface area contributed by atoms with Gasteiger partial charge in [0, 0.05) is 38.2 Å². The first kappa shape index (κ1) is 43.7. The van der Waals surface area contributed by atoms with Crippen molar-refractivity contribution in [2.24, 2.45) is 0 Å². The molecule has 0 fully saturated rings. The monoisotopic (exact) mass is 645 g/mol. The van der Waals surface area contributed by atoms with E-state index in [-0.39, 0.29) is 18.3 Å². The van der Waals surface area contributed by atoms with Gasteiger partial charge in [-0.25, -0.2) is 14.8 Å². The molecule has 0 N–H and O–H groups in total. The summed E-state index contributed by atoms with van der Waals surface area (Å²) >= 11 is 5.63. The molecular formula is C36H56ClN3O5. The number of aryl methyl sites for hydroxylation is 1. The van der Waals surface area contributed by atoms with Crippen LogP contribution in [-0.4, -0.2) is 54.2 Å². The Bertz CT molecular complexity index is 1080. The molecule has 2 aromatic heterocycles. The predicted octanol–water partition coefficient (Wildman–Crippen LogP) is 10.2. The van der Waals surface area contributed by atoms with Crippen LogP contribution in [0.3, 0.4) is 0 Å². The van der Waals surface area contributed by atoms with Crippen molar-refractivity contribution in [1.82, 2.24) is 9.97 Å². The van der Waals surface area contributed by atoms with Gasteiger partial charge in [-0.2, -0.15) is 0 Å². The van der Waals surface area contributed by atoms with Crippen LogP contribution < -0.4 is 14.2 Å². The number of methoxy groups -OCH3 is 1. The third-order valence-corrected chi connectivity index (χ3v) is 4.83. The van der Waals surface area contributed by atoms with E-state index in [0.717, 1.165) is 17.9 Å². The number of benzene rings is 1. The zero-order valence-electron chi connectivity index (χ0n) is 29.6. The molecule has 0 saturated carbocycles. The lowest BCUT2D eigenvalue weighted by atomic mass is 10.3. The zero-order chi connectivity index (χ0) is 34.8. The molecule has 45 heavy (non-hydrogen) atoms. The van der Waals surface area contributed by atoms with Crippen LogP contribution in [-0.2, 0) is 9.47 Å². The molecule has 3 rings (SSSR count). The van der Waals surface area contributed by atoms with Crippen molar-refractivity contribution < 1.29 is 23.7 Å². The third kappa shape index (κ3) is 29.1. The molecule has 0 aliphatic rings. The van der Waals surface area contributed by atoms with E-state index in [1.807, 2.05) is 107 Å². The maximum Gasteiger partial charge on any atom is 0.213 e. The van der Waals surface area contributed by atoms with Gasteiger partial charge in [0.05, 0.1) is 42.1 Å². The third-order valence-electron chi connectivity index (χ3n) is 4.61. The molecule has 2 heterocycles. The maximum absolute atomic E-state index is 6.74. The average Bonchev–Trinajstić information content (AvgIpc) is 2.96. The van der Waals surface area contributed by atoms with E-state index in [2.05, 4.69) is 14.8 Å². The molecule has 252 valence electrons. The van der Waals surface area contributed by atoms with E-state index < -0.39 is 0 Å². The predicted molar refractivity (Wildman–Crippen MR) is 187 cm³/mol. The van der Waals surface area contributed by atoms with Crippen LogP contribution in [0, 0.1) is 13.5 Å². The Balaban J connectivity index is 0. The van der Waals surface area contributed by atoms with Gasteiger partial charge in [-0.1, -0.05) is 29.8 Å². The Labute approximate surface area is 278 Å². The lowest BCUT2D eigenvalue weighted by Gasteiger charge is -2.08. The molecule has 3 aromatic rings. The molecule has 8 nitrogen and oxygen atoms in total. The Morgan fingerprint density at radius 1 is 0.667 bits per heavy atom. The Morgan fingerprint density at radius 2 is 1.13 bits per heavy atom. The van der Waals surface area contributed by atoms with Gasteiger partial charge in [-0.15, -0.1) is 0 Å². The minimum absolute atomic E-state index is 0.156. The Hall–Kier alpha value is -3.38. The Morgan fingerprint density at radius 3 is 1.42 bits per heavy atom. The molecule has 0 saturated heterocycles. The standard InChI is InChI=1S/C10H11NO.C9H13NO.C8H10ClNO.C5H12O.C4H10O/c1-8(2)12-10-6-4-9(11-3)5-7-10;1-7(2)11-9-5-4-8(3)6-10-9;1-6(2)11-8-4-3-7(9)5-10-8;1-4-6-5(2)3;1-4(2)5-3/h4-8H,1-2H3;4-7H,1-3H3;3-6H,1-2H3;5H,4H2,1-3H3;4H,1-3H3. The van der Waals surface area contributed by atoms with E-state index in [1.165, 1.54) is 0 Å². The van der Waals surface area contributed by atoms with E-state index >= 15 is 0 Å². The van der Waals surface area contributed by atoms with Crippen LogP contribution in [0.25, 0.3) is 4.85 Å². The largest absolute Gasteiger partial charge is 0.491 e. The fourth-order valence-electron chi connectivity index (χ4n) is 2.64. The first-order chi connectivity index (χ1) is 21.1. The topological polar surface area (TPSA) is 76.3 Å². The lowest BCUT2D eigenvalue weighted by Crippen LogP contribution is -2.06. The molecule has 1 aromatic carbocycles. The second kappa shape index (κ2) is 27.0. The molecule has 0 radical (unpaired) electrons. The van der Waals surface area contributed by atoms with Crippen LogP contribution in [0.1, 0.15) is 81.7 Å². The highest BCUT2D eigenvalue weighted by atomic mass is 35.5. The first-order valence-corrected chi connectivity index (χ1v) is 15.7. The summed E-state index contributed by atoms with van der Waals surface area (Å²) in [5.74, 6) is 2.13. The first-order valence-electron chi connectivity index (χ1n) is 15.3. The summed E-state index contributed by atoms with van der Waals surface area (Å²) in [5.41, 5.74) is 1.80. The van der Waals surface area contributed by atoms with E-state index in [0.29, 0.717) is 34.7 Å². The number of pyridine rings is 2. The van der Waals surface area contributed by atoms with E-state index in [9.17, 15) is 0 Å². The van der Waals surface area contributed by atoms with E-state index in [4.69, 9.17) is 41.9 Å². The van der Waals surface area contributed by atoms with Gasteiger partial charge in [0.1, 0.15) is 5.75 Å². The molecule has 0 spiro atoms. The Kier molecular flexibility index (Phi) is 26.2. The molecule has 9 heteroatoms. The molecule has 0 aliphatic carbocycles. The summed E-state index contributed by atoms with van der Waals surface area (Å²) in [6.45, 7) is 31.5. The van der Waals surface area contributed by atoms with Crippen molar-refractivity contribution >= 4 is 17.3 Å². The fourth-order valence-corrected chi connectivity index (χ4v) is 2.76. The quantitative estimate of drug-likeness (QED) is 0.214. The highest BCUT2D eigenvalue weighted by Gasteiger charge is 1.98. The van der Waals surface area contributed by atoms with Crippen molar-refractivity contribution in [3.05, 3.63) is 82.9 Å². The van der Waals surface area contributed by atoms with Gasteiger partial charge in [-0.3, -0.25) is 0 Å². The number of hydrogen-bond acceptors (Lipinski definition) is 7. The summed E-state index contributed by atoms with van der Waals surface area (Å²) in [7, 11) is 1.70. The van der Waals surface area contributed by atoms with Gasteiger partial charge < -0.3 is 23.7 Å². The molecule has 0 aliphatic heterocycles. The van der Waals surface area contributed by atoms with E-state index in [1.54, 1.807) is 43.8 Å². The maximum atomic E-state index is 6.74. The van der Waals surface area contributed by atoms with Crippen LogP contribution in [0.5, 0.6) is 17.5 Å². The van der Waals surface area contributed by atoms with Gasteiger partial charge in [0.2, 0.25) is 11.8 Å². The molecule has 0 atom stereocenters. The minimum Gasteiger partial charge on any atom is -0.491 e. The summed E-state index contributed by atoms with van der Waals surface area (Å²) < 4.78 is 25.9. The van der Waals surface area contributed by atoms with Crippen LogP contribution in [0.15, 0.2) is 60.9 Å². The fraction of sp³-hybridized carbons (Fsp3) is 0.528. The molecular weight excluding hydrogens is 590 g/mol. The second-order valence-electron chi connectivity index (χ2n) is 10.9. The molecule has 0 bridgehead atoms. The number of rotatable bonds is 9. The van der Waals surface area contributed by atoms with Crippen molar-refractivity contribution in [3.8, 4) is 17.5 Å². The van der Waals surface area contributed by atoms with Gasteiger partial charge in [0.15, 0.2) is 5.69 Å². The number of aromatic nitrogens is 2. The highest BCUT2D eigenvalue weighted by molar-refractivity contribution is 6.30. The average molecular weight is 646 g/mol. The van der Waals surface area contributed by atoms with Crippen LogP contribution in [0.4, 0.5) is 5.69 Å². The smallest absolute Gasteiger partial charge is 0.213 e. The van der Waals surface area contributed by atoms with Gasteiger partial charge in [-0.05, 0) is 107 Å². The summed E-state index contributed by atoms with van der Waals surface area (Å²) in [6.07, 6.45) is 4.69. The number of nitrogens with zero attached hydrogens (tertiary/aromatic N) is 3.